The second-order valence-corrected chi connectivity index (χ2v) is 6.39. The van der Waals surface area contributed by atoms with E-state index in [0.717, 1.165) is 37.6 Å². The summed E-state index contributed by atoms with van der Waals surface area (Å²) in [5.41, 5.74) is 1.12. The van der Waals surface area contributed by atoms with Crippen molar-refractivity contribution in [1.29, 1.82) is 0 Å². The van der Waals surface area contributed by atoms with Gasteiger partial charge in [0.2, 0.25) is 0 Å². The number of hydrogen-bond donors (Lipinski definition) is 1. The first-order valence-electron chi connectivity index (χ1n) is 6.23. The van der Waals surface area contributed by atoms with Crippen LogP contribution in [0, 0.1) is 0 Å². The SMILES string of the molecule is CS(=O)(=O)OC1CCC(Nc2ccccc2)CC1. The molecule has 0 heterocycles. The number of benzene rings is 1. The Bertz CT molecular complexity index is 464. The van der Waals surface area contributed by atoms with E-state index in [-0.39, 0.29) is 6.10 Å². The van der Waals surface area contributed by atoms with Crippen molar-refractivity contribution in [2.75, 3.05) is 11.6 Å². The minimum absolute atomic E-state index is 0.145. The smallest absolute Gasteiger partial charge is 0.264 e. The summed E-state index contributed by atoms with van der Waals surface area (Å²) in [6.45, 7) is 0. The fourth-order valence-corrected chi connectivity index (χ4v) is 3.01. The standard InChI is InChI=1S/C13H19NO3S/c1-18(15,16)17-13-9-7-12(8-10-13)14-11-5-3-2-4-6-11/h2-6,12-14H,7-10H2,1H3. The molecule has 0 aromatic heterocycles. The molecule has 1 aliphatic rings. The molecule has 0 saturated heterocycles. The van der Waals surface area contributed by atoms with Crippen LogP contribution >= 0.6 is 0 Å². The molecule has 1 aromatic carbocycles. The van der Waals surface area contributed by atoms with E-state index < -0.39 is 10.1 Å². The maximum Gasteiger partial charge on any atom is 0.264 e. The lowest BCUT2D eigenvalue weighted by molar-refractivity contribution is 0.158. The second kappa shape index (κ2) is 5.71. The van der Waals surface area contributed by atoms with Gasteiger partial charge in [-0.25, -0.2) is 0 Å². The fourth-order valence-electron chi connectivity index (χ4n) is 2.32. The van der Waals surface area contributed by atoms with E-state index in [1.165, 1.54) is 0 Å². The molecule has 0 amide bonds. The van der Waals surface area contributed by atoms with Crippen LogP contribution in [0.2, 0.25) is 0 Å². The van der Waals surface area contributed by atoms with Gasteiger partial charge < -0.3 is 5.32 Å². The molecule has 0 aliphatic heterocycles. The van der Waals surface area contributed by atoms with Gasteiger partial charge in [-0.1, -0.05) is 18.2 Å². The van der Waals surface area contributed by atoms with Crippen LogP contribution in [-0.4, -0.2) is 26.8 Å². The van der Waals surface area contributed by atoms with Crippen molar-refractivity contribution in [2.45, 2.75) is 37.8 Å². The van der Waals surface area contributed by atoms with E-state index in [2.05, 4.69) is 5.32 Å². The number of hydrogen-bond acceptors (Lipinski definition) is 4. The molecule has 1 aliphatic carbocycles. The first-order chi connectivity index (χ1) is 8.53. The minimum Gasteiger partial charge on any atom is -0.382 e. The molecule has 1 saturated carbocycles. The summed E-state index contributed by atoms with van der Waals surface area (Å²) in [7, 11) is -3.32. The molecule has 0 atom stereocenters. The zero-order valence-corrected chi connectivity index (χ0v) is 11.3. The van der Waals surface area contributed by atoms with Crippen molar-refractivity contribution < 1.29 is 12.6 Å². The number of rotatable bonds is 4. The van der Waals surface area contributed by atoms with Gasteiger partial charge in [0.05, 0.1) is 12.4 Å². The van der Waals surface area contributed by atoms with Gasteiger partial charge in [0, 0.05) is 11.7 Å². The van der Waals surface area contributed by atoms with Gasteiger partial charge in [-0.2, -0.15) is 8.42 Å². The third-order valence-corrected chi connectivity index (χ3v) is 3.75. The average Bonchev–Trinajstić information content (AvgIpc) is 2.31. The third-order valence-electron chi connectivity index (χ3n) is 3.13. The van der Waals surface area contributed by atoms with Gasteiger partial charge in [0.15, 0.2) is 0 Å². The van der Waals surface area contributed by atoms with E-state index in [9.17, 15) is 8.42 Å². The Balaban J connectivity index is 1.80. The summed E-state index contributed by atoms with van der Waals surface area (Å²) >= 11 is 0. The van der Waals surface area contributed by atoms with Crippen LogP contribution in [0.3, 0.4) is 0 Å². The van der Waals surface area contributed by atoms with E-state index in [0.29, 0.717) is 6.04 Å². The molecular weight excluding hydrogens is 250 g/mol. The van der Waals surface area contributed by atoms with E-state index in [1.54, 1.807) is 0 Å². The molecule has 5 heteroatoms. The lowest BCUT2D eigenvalue weighted by Gasteiger charge is -2.29. The summed E-state index contributed by atoms with van der Waals surface area (Å²) in [6, 6.07) is 10.5. The topological polar surface area (TPSA) is 55.4 Å². The molecule has 1 fully saturated rings. The number of para-hydroxylation sites is 1. The molecular formula is C13H19NO3S. The normalized spacial score (nSPS) is 24.7. The van der Waals surface area contributed by atoms with Crippen molar-refractivity contribution >= 4 is 15.8 Å². The third kappa shape index (κ3) is 4.31. The Morgan fingerprint density at radius 3 is 2.28 bits per heavy atom. The highest BCUT2D eigenvalue weighted by molar-refractivity contribution is 7.86. The summed E-state index contributed by atoms with van der Waals surface area (Å²) in [5.74, 6) is 0. The zero-order chi connectivity index (χ0) is 13.0. The summed E-state index contributed by atoms with van der Waals surface area (Å²) in [5, 5.41) is 3.46. The molecule has 0 unspecified atom stereocenters. The molecule has 0 bridgehead atoms. The van der Waals surface area contributed by atoms with Crippen LogP contribution in [0.1, 0.15) is 25.7 Å². The Kier molecular flexibility index (Phi) is 4.24. The predicted octanol–water partition coefficient (Wildman–Crippen LogP) is 2.39. The van der Waals surface area contributed by atoms with Gasteiger partial charge in [0.1, 0.15) is 0 Å². The van der Waals surface area contributed by atoms with Crippen LogP contribution in [0.25, 0.3) is 0 Å². The first kappa shape index (κ1) is 13.4. The molecule has 1 N–H and O–H groups in total. The largest absolute Gasteiger partial charge is 0.382 e. The van der Waals surface area contributed by atoms with E-state index in [4.69, 9.17) is 4.18 Å². The summed E-state index contributed by atoms with van der Waals surface area (Å²) < 4.78 is 27.1. The van der Waals surface area contributed by atoms with Gasteiger partial charge in [-0.3, -0.25) is 4.18 Å². The maximum atomic E-state index is 11.0. The zero-order valence-electron chi connectivity index (χ0n) is 10.5. The van der Waals surface area contributed by atoms with Crippen LogP contribution in [0.5, 0.6) is 0 Å². The lowest BCUT2D eigenvalue weighted by atomic mass is 9.93. The minimum atomic E-state index is -3.32. The molecule has 4 nitrogen and oxygen atoms in total. The molecule has 0 radical (unpaired) electrons. The van der Waals surface area contributed by atoms with Crippen LogP contribution in [-0.2, 0) is 14.3 Å². The van der Waals surface area contributed by atoms with Gasteiger partial charge in [0.25, 0.3) is 10.1 Å². The van der Waals surface area contributed by atoms with Crippen LogP contribution in [0.4, 0.5) is 5.69 Å². The molecule has 0 spiro atoms. The maximum absolute atomic E-state index is 11.0. The monoisotopic (exact) mass is 269 g/mol. The molecule has 1 aromatic rings. The fraction of sp³-hybridized carbons (Fsp3) is 0.538. The van der Waals surface area contributed by atoms with E-state index >= 15 is 0 Å². The number of anilines is 1. The Labute approximate surface area is 108 Å². The molecule has 18 heavy (non-hydrogen) atoms. The van der Waals surface area contributed by atoms with Crippen molar-refractivity contribution in [3.8, 4) is 0 Å². The highest BCUT2D eigenvalue weighted by Gasteiger charge is 2.24. The Morgan fingerprint density at radius 1 is 1.11 bits per heavy atom. The summed E-state index contributed by atoms with van der Waals surface area (Å²) in [4.78, 5) is 0. The summed E-state index contributed by atoms with van der Waals surface area (Å²) in [6.07, 6.45) is 4.43. The van der Waals surface area contributed by atoms with Crippen LogP contribution in [0.15, 0.2) is 30.3 Å². The second-order valence-electron chi connectivity index (χ2n) is 4.78. The van der Waals surface area contributed by atoms with Gasteiger partial charge in [-0.15, -0.1) is 0 Å². The van der Waals surface area contributed by atoms with Gasteiger partial charge in [-0.05, 0) is 37.8 Å². The Hall–Kier alpha value is -1.07. The lowest BCUT2D eigenvalue weighted by Crippen LogP contribution is -2.30. The van der Waals surface area contributed by atoms with Crippen LogP contribution < -0.4 is 5.32 Å². The average molecular weight is 269 g/mol. The van der Waals surface area contributed by atoms with Crippen molar-refractivity contribution in [2.24, 2.45) is 0 Å². The Morgan fingerprint density at radius 2 is 1.72 bits per heavy atom. The predicted molar refractivity (Wildman–Crippen MR) is 72.0 cm³/mol. The van der Waals surface area contributed by atoms with Crippen molar-refractivity contribution in [1.82, 2.24) is 0 Å². The molecule has 2 rings (SSSR count). The highest BCUT2D eigenvalue weighted by atomic mass is 32.2. The van der Waals surface area contributed by atoms with Crippen molar-refractivity contribution in [3.63, 3.8) is 0 Å². The number of nitrogens with one attached hydrogen (secondary N) is 1. The van der Waals surface area contributed by atoms with Gasteiger partial charge >= 0.3 is 0 Å². The van der Waals surface area contributed by atoms with Crippen molar-refractivity contribution in [3.05, 3.63) is 30.3 Å². The first-order valence-corrected chi connectivity index (χ1v) is 8.04. The molecule has 100 valence electrons. The highest BCUT2D eigenvalue weighted by Crippen LogP contribution is 2.24. The quantitative estimate of drug-likeness (QED) is 0.853. The van der Waals surface area contributed by atoms with E-state index in [1.807, 2.05) is 30.3 Å².